The van der Waals surface area contributed by atoms with Gasteiger partial charge in [-0.3, -0.25) is 0 Å². The zero-order chi connectivity index (χ0) is 16.7. The van der Waals surface area contributed by atoms with Crippen LogP contribution >= 0.6 is 0 Å². The number of aromatic nitrogens is 1. The number of hydrogen-bond donors (Lipinski definition) is 1. The number of aliphatic hydroxyl groups excluding tert-OH is 1. The largest absolute Gasteiger partial charge is 0.496 e. The van der Waals surface area contributed by atoms with E-state index in [-0.39, 0.29) is 13.4 Å². The maximum absolute atomic E-state index is 9.61. The molecule has 3 aromatic rings. The highest BCUT2D eigenvalue weighted by Gasteiger charge is 2.20. The van der Waals surface area contributed by atoms with Gasteiger partial charge in [0.1, 0.15) is 5.75 Å². The van der Waals surface area contributed by atoms with Crippen LogP contribution in [0.25, 0.3) is 22.2 Å². The van der Waals surface area contributed by atoms with E-state index in [2.05, 4.69) is 0 Å². The third-order valence-electron chi connectivity index (χ3n) is 4.27. The second-order valence-corrected chi connectivity index (χ2v) is 5.70. The minimum absolute atomic E-state index is 0.0501. The fourth-order valence-corrected chi connectivity index (χ4v) is 3.04. The van der Waals surface area contributed by atoms with E-state index in [1.165, 1.54) is 0 Å². The topological polar surface area (TPSA) is 60.8 Å². The van der Waals surface area contributed by atoms with E-state index in [4.69, 9.17) is 19.2 Å². The lowest BCUT2D eigenvalue weighted by Crippen LogP contribution is -1.96. The standard InChI is InChI=1S/C19H17NO4/c1-11-6-15(20-19-12(9-21)4-3-5-13(11)19)14-7-17-18(24-10-23-17)8-16(14)22-2/h3-8,21H,9-10H2,1-2H3. The van der Waals surface area contributed by atoms with Crippen molar-refractivity contribution >= 4 is 10.9 Å². The van der Waals surface area contributed by atoms with Gasteiger partial charge in [0.15, 0.2) is 11.5 Å². The van der Waals surface area contributed by atoms with Gasteiger partial charge in [0.2, 0.25) is 6.79 Å². The molecule has 1 aliphatic rings. The van der Waals surface area contributed by atoms with E-state index >= 15 is 0 Å². The van der Waals surface area contributed by atoms with Gasteiger partial charge in [-0.15, -0.1) is 0 Å². The number of ether oxygens (including phenoxy) is 3. The highest BCUT2D eigenvalue weighted by atomic mass is 16.7. The molecule has 0 atom stereocenters. The van der Waals surface area contributed by atoms with Crippen LogP contribution in [-0.2, 0) is 6.61 Å². The molecule has 5 heteroatoms. The molecule has 0 fully saturated rings. The van der Waals surface area contributed by atoms with Crippen molar-refractivity contribution < 1.29 is 19.3 Å². The van der Waals surface area contributed by atoms with Gasteiger partial charge in [-0.25, -0.2) is 4.98 Å². The molecule has 0 unspecified atom stereocenters. The maximum atomic E-state index is 9.61. The van der Waals surface area contributed by atoms with Gasteiger partial charge in [0.05, 0.1) is 24.9 Å². The third kappa shape index (κ3) is 2.25. The second-order valence-electron chi connectivity index (χ2n) is 5.70. The van der Waals surface area contributed by atoms with Crippen LogP contribution in [0, 0.1) is 6.92 Å². The first-order valence-corrected chi connectivity index (χ1v) is 7.69. The van der Waals surface area contributed by atoms with Gasteiger partial charge in [-0.1, -0.05) is 18.2 Å². The number of fused-ring (bicyclic) bond motifs is 2. The Morgan fingerprint density at radius 2 is 1.96 bits per heavy atom. The van der Waals surface area contributed by atoms with Crippen molar-refractivity contribution in [2.24, 2.45) is 0 Å². The molecule has 4 rings (SSSR count). The molecular weight excluding hydrogens is 306 g/mol. The van der Waals surface area contributed by atoms with Gasteiger partial charge < -0.3 is 19.3 Å². The van der Waals surface area contributed by atoms with E-state index in [0.717, 1.165) is 33.3 Å². The Morgan fingerprint density at radius 3 is 2.71 bits per heavy atom. The van der Waals surface area contributed by atoms with Crippen LogP contribution in [-0.4, -0.2) is 24.0 Å². The Hall–Kier alpha value is -2.79. The number of hydrogen-bond acceptors (Lipinski definition) is 5. The first-order chi connectivity index (χ1) is 11.7. The summed E-state index contributed by atoms with van der Waals surface area (Å²) in [5, 5.41) is 10.6. The van der Waals surface area contributed by atoms with E-state index in [1.807, 2.05) is 43.3 Å². The Bertz CT molecular complexity index is 936. The zero-order valence-corrected chi connectivity index (χ0v) is 13.5. The fraction of sp³-hybridized carbons (Fsp3) is 0.211. The number of rotatable bonds is 3. The van der Waals surface area contributed by atoms with Gasteiger partial charge >= 0.3 is 0 Å². The number of para-hydroxylation sites is 1. The van der Waals surface area contributed by atoms with Crippen LogP contribution in [0.3, 0.4) is 0 Å². The summed E-state index contributed by atoms with van der Waals surface area (Å²) in [6, 6.07) is 11.5. The summed E-state index contributed by atoms with van der Waals surface area (Å²) in [6.45, 7) is 2.19. The normalized spacial score (nSPS) is 12.6. The molecule has 0 saturated carbocycles. The lowest BCUT2D eigenvalue weighted by atomic mass is 10.0. The van der Waals surface area contributed by atoms with Crippen LogP contribution in [0.2, 0.25) is 0 Å². The highest BCUT2D eigenvalue weighted by molar-refractivity contribution is 5.88. The fourth-order valence-electron chi connectivity index (χ4n) is 3.04. The second kappa shape index (κ2) is 5.69. The number of aliphatic hydroxyl groups is 1. The molecule has 2 heterocycles. The Morgan fingerprint density at radius 1 is 1.17 bits per heavy atom. The number of benzene rings is 2. The Balaban J connectivity index is 1.97. The summed E-state index contributed by atoms with van der Waals surface area (Å²) in [5.74, 6) is 2.02. The molecule has 0 radical (unpaired) electrons. The molecule has 0 amide bonds. The summed E-state index contributed by atoms with van der Waals surface area (Å²) in [5.41, 5.74) is 4.30. The summed E-state index contributed by atoms with van der Waals surface area (Å²) in [6.07, 6.45) is 0. The molecule has 1 N–H and O–H groups in total. The monoisotopic (exact) mass is 323 g/mol. The van der Waals surface area contributed by atoms with Crippen molar-refractivity contribution in [1.29, 1.82) is 0 Å². The summed E-state index contributed by atoms with van der Waals surface area (Å²) in [7, 11) is 1.62. The molecule has 1 aromatic heterocycles. The quantitative estimate of drug-likeness (QED) is 0.800. The van der Waals surface area contributed by atoms with Gasteiger partial charge in [-0.05, 0) is 24.6 Å². The average molecular weight is 323 g/mol. The average Bonchev–Trinajstić information content (AvgIpc) is 3.07. The maximum Gasteiger partial charge on any atom is 0.231 e. The van der Waals surface area contributed by atoms with Crippen molar-refractivity contribution in [2.75, 3.05) is 13.9 Å². The van der Waals surface area contributed by atoms with Crippen LogP contribution in [0.4, 0.5) is 0 Å². The predicted molar refractivity (Wildman–Crippen MR) is 90.5 cm³/mol. The van der Waals surface area contributed by atoms with Crippen molar-refractivity contribution in [3.63, 3.8) is 0 Å². The smallest absolute Gasteiger partial charge is 0.231 e. The third-order valence-corrected chi connectivity index (χ3v) is 4.27. The predicted octanol–water partition coefficient (Wildman–Crippen LogP) is 3.44. The molecule has 0 aliphatic carbocycles. The molecule has 122 valence electrons. The lowest BCUT2D eigenvalue weighted by molar-refractivity contribution is 0.174. The summed E-state index contributed by atoms with van der Waals surface area (Å²) >= 11 is 0. The van der Waals surface area contributed by atoms with Crippen LogP contribution < -0.4 is 14.2 Å². The molecule has 24 heavy (non-hydrogen) atoms. The Labute approximate surface area is 139 Å². The van der Waals surface area contributed by atoms with Crippen LogP contribution in [0.1, 0.15) is 11.1 Å². The summed E-state index contributed by atoms with van der Waals surface area (Å²) < 4.78 is 16.4. The van der Waals surface area contributed by atoms with Crippen molar-refractivity contribution in [1.82, 2.24) is 4.98 Å². The molecule has 5 nitrogen and oxygen atoms in total. The van der Waals surface area contributed by atoms with Gasteiger partial charge in [-0.2, -0.15) is 0 Å². The minimum atomic E-state index is -0.0501. The van der Waals surface area contributed by atoms with Crippen molar-refractivity contribution in [2.45, 2.75) is 13.5 Å². The lowest BCUT2D eigenvalue weighted by Gasteiger charge is -2.13. The van der Waals surface area contributed by atoms with E-state index in [1.54, 1.807) is 7.11 Å². The SMILES string of the molecule is COc1cc2c(cc1-c1cc(C)c3cccc(CO)c3n1)OCO2. The molecule has 0 saturated heterocycles. The van der Waals surface area contributed by atoms with Crippen LogP contribution in [0.15, 0.2) is 36.4 Å². The molecule has 2 aromatic carbocycles. The number of nitrogens with zero attached hydrogens (tertiary/aromatic N) is 1. The van der Waals surface area contributed by atoms with E-state index < -0.39 is 0 Å². The van der Waals surface area contributed by atoms with E-state index in [0.29, 0.717) is 17.2 Å². The number of pyridine rings is 1. The van der Waals surface area contributed by atoms with E-state index in [9.17, 15) is 5.11 Å². The molecule has 0 bridgehead atoms. The molecule has 1 aliphatic heterocycles. The Kier molecular flexibility index (Phi) is 3.50. The number of methoxy groups -OCH3 is 1. The zero-order valence-electron chi connectivity index (χ0n) is 13.5. The highest BCUT2D eigenvalue weighted by Crippen LogP contribution is 2.42. The van der Waals surface area contributed by atoms with Crippen molar-refractivity contribution in [3.8, 4) is 28.5 Å². The molecule has 0 spiro atoms. The van der Waals surface area contributed by atoms with Crippen molar-refractivity contribution in [3.05, 3.63) is 47.5 Å². The van der Waals surface area contributed by atoms with Gasteiger partial charge in [0.25, 0.3) is 0 Å². The minimum Gasteiger partial charge on any atom is -0.496 e. The van der Waals surface area contributed by atoms with Gasteiger partial charge in [0, 0.05) is 22.6 Å². The van der Waals surface area contributed by atoms with Crippen LogP contribution in [0.5, 0.6) is 17.2 Å². The summed E-state index contributed by atoms with van der Waals surface area (Å²) in [4.78, 5) is 4.77. The number of aryl methyl sites for hydroxylation is 1. The first kappa shape index (κ1) is 14.8. The molecular formula is C19H17NO4. The first-order valence-electron chi connectivity index (χ1n) is 7.69.